The van der Waals surface area contributed by atoms with E-state index in [-0.39, 0.29) is 6.61 Å². The molecule has 1 aromatic carbocycles. The van der Waals surface area contributed by atoms with Gasteiger partial charge < -0.3 is 24.1 Å². The summed E-state index contributed by atoms with van der Waals surface area (Å²) < 4.78 is 20.6. The summed E-state index contributed by atoms with van der Waals surface area (Å²) in [6.45, 7) is 1.10. The zero-order valence-corrected chi connectivity index (χ0v) is 12.3. The SMILES string of the molecule is CO[C@H]1[C@@H](OC(C)=O)[C@@H](O)O[C@@H]1COC(=O)c1ccccc1. The Morgan fingerprint density at radius 1 is 1.23 bits per heavy atom. The van der Waals surface area contributed by atoms with E-state index < -0.39 is 36.5 Å². The van der Waals surface area contributed by atoms with Crippen molar-refractivity contribution in [2.75, 3.05) is 13.7 Å². The Bertz CT molecular complexity index is 516. The minimum atomic E-state index is -1.32. The fourth-order valence-electron chi connectivity index (χ4n) is 2.26. The number of hydrogen-bond acceptors (Lipinski definition) is 7. The smallest absolute Gasteiger partial charge is 0.338 e. The molecule has 0 radical (unpaired) electrons. The first-order valence-corrected chi connectivity index (χ1v) is 6.78. The van der Waals surface area contributed by atoms with E-state index in [9.17, 15) is 14.7 Å². The van der Waals surface area contributed by atoms with Gasteiger partial charge in [0.15, 0.2) is 12.4 Å². The lowest BCUT2D eigenvalue weighted by Crippen LogP contribution is -2.39. The third-order valence-corrected chi connectivity index (χ3v) is 3.25. The normalized spacial score (nSPS) is 27.4. The Morgan fingerprint density at radius 2 is 1.91 bits per heavy atom. The predicted octanol–water partition coefficient (Wildman–Crippen LogP) is 0.507. The van der Waals surface area contributed by atoms with Crippen molar-refractivity contribution in [3.63, 3.8) is 0 Å². The van der Waals surface area contributed by atoms with Crippen molar-refractivity contribution in [1.29, 1.82) is 0 Å². The number of esters is 2. The van der Waals surface area contributed by atoms with Crippen molar-refractivity contribution in [3.8, 4) is 0 Å². The van der Waals surface area contributed by atoms with Crippen LogP contribution in [0.2, 0.25) is 0 Å². The molecule has 1 heterocycles. The van der Waals surface area contributed by atoms with Crippen LogP contribution in [-0.2, 0) is 23.7 Å². The zero-order valence-electron chi connectivity index (χ0n) is 12.3. The maximum atomic E-state index is 11.9. The van der Waals surface area contributed by atoms with Crippen LogP contribution in [0.3, 0.4) is 0 Å². The molecule has 1 fully saturated rings. The first kappa shape index (κ1) is 16.4. The lowest BCUT2D eigenvalue weighted by atomic mass is 10.1. The Labute approximate surface area is 127 Å². The number of carbonyl (C=O) groups excluding carboxylic acids is 2. The Kier molecular flexibility index (Phi) is 5.48. The van der Waals surface area contributed by atoms with Crippen molar-refractivity contribution in [1.82, 2.24) is 0 Å². The fourth-order valence-corrected chi connectivity index (χ4v) is 2.26. The van der Waals surface area contributed by atoms with E-state index >= 15 is 0 Å². The third kappa shape index (κ3) is 3.82. The average molecular weight is 310 g/mol. The second-order valence-corrected chi connectivity index (χ2v) is 4.80. The lowest BCUT2D eigenvalue weighted by molar-refractivity contribution is -0.171. The molecule has 0 saturated carbocycles. The molecule has 0 aromatic heterocycles. The highest BCUT2D eigenvalue weighted by Crippen LogP contribution is 2.25. The summed E-state index contributed by atoms with van der Waals surface area (Å²) in [7, 11) is 1.40. The van der Waals surface area contributed by atoms with E-state index in [2.05, 4.69) is 0 Å². The monoisotopic (exact) mass is 310 g/mol. The molecule has 120 valence electrons. The maximum Gasteiger partial charge on any atom is 0.338 e. The quantitative estimate of drug-likeness (QED) is 0.792. The average Bonchev–Trinajstić information content (AvgIpc) is 2.80. The molecule has 7 nitrogen and oxygen atoms in total. The summed E-state index contributed by atoms with van der Waals surface area (Å²) in [5.74, 6) is -1.07. The molecule has 0 bridgehead atoms. The van der Waals surface area contributed by atoms with Crippen LogP contribution >= 0.6 is 0 Å². The highest BCUT2D eigenvalue weighted by Gasteiger charge is 2.47. The highest BCUT2D eigenvalue weighted by molar-refractivity contribution is 5.89. The Hall–Kier alpha value is -1.96. The van der Waals surface area contributed by atoms with Crippen molar-refractivity contribution in [2.45, 2.75) is 31.5 Å². The zero-order chi connectivity index (χ0) is 16.1. The number of rotatable bonds is 5. The first-order valence-electron chi connectivity index (χ1n) is 6.78. The van der Waals surface area contributed by atoms with E-state index in [4.69, 9.17) is 18.9 Å². The number of methoxy groups -OCH3 is 1. The van der Waals surface area contributed by atoms with Crippen molar-refractivity contribution < 1.29 is 33.6 Å². The van der Waals surface area contributed by atoms with E-state index in [0.29, 0.717) is 5.56 Å². The summed E-state index contributed by atoms with van der Waals surface area (Å²) >= 11 is 0. The van der Waals surface area contributed by atoms with Crippen molar-refractivity contribution >= 4 is 11.9 Å². The first-order chi connectivity index (χ1) is 10.5. The molecule has 1 aliphatic rings. The van der Waals surface area contributed by atoms with Crippen LogP contribution in [0.1, 0.15) is 17.3 Å². The molecule has 7 heteroatoms. The molecule has 1 aromatic rings. The topological polar surface area (TPSA) is 91.3 Å². The predicted molar refractivity (Wildman–Crippen MR) is 74.0 cm³/mol. The van der Waals surface area contributed by atoms with Gasteiger partial charge in [0.1, 0.15) is 18.8 Å². The van der Waals surface area contributed by atoms with Gasteiger partial charge in [-0.25, -0.2) is 4.79 Å². The minimum absolute atomic E-state index is 0.124. The standard InChI is InChI=1S/C15H18O7/c1-9(16)21-13-12(19-2)11(22-15(13)18)8-20-14(17)10-6-4-3-5-7-10/h3-7,11-13,15,18H,8H2,1-2H3/t11-,12-,13-,15+/m1/s1. The number of ether oxygens (including phenoxy) is 4. The number of benzene rings is 1. The van der Waals surface area contributed by atoms with Crippen LogP contribution in [-0.4, -0.2) is 55.4 Å². The second kappa shape index (κ2) is 7.35. The van der Waals surface area contributed by atoms with E-state index in [1.807, 2.05) is 0 Å². The van der Waals surface area contributed by atoms with Crippen LogP contribution in [0, 0.1) is 0 Å². The summed E-state index contributed by atoms with van der Waals surface area (Å²) in [4.78, 5) is 22.9. The molecule has 1 N–H and O–H groups in total. The molecule has 0 spiro atoms. The van der Waals surface area contributed by atoms with Crippen LogP contribution in [0.25, 0.3) is 0 Å². The van der Waals surface area contributed by atoms with Gasteiger partial charge in [-0.2, -0.15) is 0 Å². The van der Waals surface area contributed by atoms with E-state index in [1.165, 1.54) is 14.0 Å². The summed E-state index contributed by atoms with van der Waals surface area (Å²) in [6, 6.07) is 8.49. The summed E-state index contributed by atoms with van der Waals surface area (Å²) in [5.41, 5.74) is 0.409. The molecule has 0 unspecified atom stereocenters. The molecule has 2 rings (SSSR count). The number of hydrogen-bond donors (Lipinski definition) is 1. The molecule has 0 amide bonds. The van der Waals surface area contributed by atoms with E-state index in [0.717, 1.165) is 0 Å². The highest BCUT2D eigenvalue weighted by atomic mass is 16.7. The lowest BCUT2D eigenvalue weighted by Gasteiger charge is -2.20. The Balaban J connectivity index is 1.95. The van der Waals surface area contributed by atoms with Gasteiger partial charge in [0.2, 0.25) is 0 Å². The molecular formula is C15H18O7. The van der Waals surface area contributed by atoms with Gasteiger partial charge >= 0.3 is 11.9 Å². The molecule has 22 heavy (non-hydrogen) atoms. The van der Waals surface area contributed by atoms with Crippen LogP contribution in [0.5, 0.6) is 0 Å². The van der Waals surface area contributed by atoms with Gasteiger partial charge in [-0.05, 0) is 12.1 Å². The third-order valence-electron chi connectivity index (χ3n) is 3.25. The fraction of sp³-hybridized carbons (Fsp3) is 0.467. The molecular weight excluding hydrogens is 292 g/mol. The van der Waals surface area contributed by atoms with Gasteiger partial charge in [-0.1, -0.05) is 18.2 Å². The van der Waals surface area contributed by atoms with Gasteiger partial charge in [-0.15, -0.1) is 0 Å². The van der Waals surface area contributed by atoms with Gasteiger partial charge in [0.05, 0.1) is 5.56 Å². The van der Waals surface area contributed by atoms with Crippen LogP contribution in [0.15, 0.2) is 30.3 Å². The number of carbonyl (C=O) groups is 2. The van der Waals surface area contributed by atoms with Crippen molar-refractivity contribution in [3.05, 3.63) is 35.9 Å². The Morgan fingerprint density at radius 3 is 2.50 bits per heavy atom. The maximum absolute atomic E-state index is 11.9. The molecule has 1 aliphatic heterocycles. The van der Waals surface area contributed by atoms with E-state index in [1.54, 1.807) is 30.3 Å². The van der Waals surface area contributed by atoms with Crippen LogP contribution in [0.4, 0.5) is 0 Å². The minimum Gasteiger partial charge on any atom is -0.459 e. The number of aliphatic hydroxyl groups excluding tert-OH is 1. The van der Waals surface area contributed by atoms with Crippen molar-refractivity contribution in [2.24, 2.45) is 0 Å². The van der Waals surface area contributed by atoms with Gasteiger partial charge in [0, 0.05) is 14.0 Å². The summed E-state index contributed by atoms with van der Waals surface area (Å²) in [5, 5.41) is 9.77. The number of aliphatic hydroxyl groups is 1. The molecule has 1 saturated heterocycles. The van der Waals surface area contributed by atoms with Gasteiger partial charge in [-0.3, -0.25) is 4.79 Å². The molecule has 0 aliphatic carbocycles. The van der Waals surface area contributed by atoms with Gasteiger partial charge in [0.25, 0.3) is 0 Å². The largest absolute Gasteiger partial charge is 0.459 e. The molecule has 4 atom stereocenters. The summed E-state index contributed by atoms with van der Waals surface area (Å²) in [6.07, 6.45) is -3.73. The second-order valence-electron chi connectivity index (χ2n) is 4.80. The van der Waals surface area contributed by atoms with Crippen LogP contribution < -0.4 is 0 Å².